The van der Waals surface area contributed by atoms with Crippen molar-refractivity contribution in [3.63, 3.8) is 0 Å². The predicted molar refractivity (Wildman–Crippen MR) is 142 cm³/mol. The molecular weight excluding hydrogens is 466 g/mol. The van der Waals surface area contributed by atoms with Crippen LogP contribution in [0.3, 0.4) is 0 Å². The lowest BCUT2D eigenvalue weighted by Crippen LogP contribution is -2.07. The van der Waals surface area contributed by atoms with E-state index in [0.717, 1.165) is 50.4 Å². The van der Waals surface area contributed by atoms with E-state index >= 15 is 0 Å². The third-order valence-corrected chi connectivity index (χ3v) is 6.34. The Kier molecular flexibility index (Phi) is 5.37. The first-order valence-electron chi connectivity index (χ1n) is 11.7. The highest BCUT2D eigenvalue weighted by molar-refractivity contribution is 6.09. The molecule has 0 unspecified atom stereocenters. The van der Waals surface area contributed by atoms with Crippen molar-refractivity contribution in [2.75, 3.05) is 10.6 Å². The summed E-state index contributed by atoms with van der Waals surface area (Å²) in [4.78, 5) is 29.4. The number of carbonyl (C=O) groups excluding carboxylic acids is 1. The van der Waals surface area contributed by atoms with Crippen molar-refractivity contribution in [3.05, 3.63) is 85.0 Å². The summed E-state index contributed by atoms with van der Waals surface area (Å²) < 4.78 is 8.02. The third kappa shape index (κ3) is 3.96. The summed E-state index contributed by atoms with van der Waals surface area (Å²) >= 11 is 0. The standard InChI is InChI=1S/C28H23N7O2/c1-4-22(36)34-19-7-5-17(6-8-19)25-23-21-10-9-20(37-28-30-12-16(2)13-31-28)11-18(21)14-29-26-24(23)27(35(25)3)33-15-32-26/h4-13,15H,1,14H2,2-3H3,(H,34,36)(H,29,32,33). The van der Waals surface area contributed by atoms with Gasteiger partial charge >= 0.3 is 6.01 Å². The normalized spacial score (nSPS) is 11.8. The molecule has 9 heteroatoms. The van der Waals surface area contributed by atoms with Crippen LogP contribution in [0.1, 0.15) is 11.1 Å². The molecule has 1 aliphatic rings. The molecular formula is C28H23N7O2. The predicted octanol–water partition coefficient (Wildman–Crippen LogP) is 5.24. The minimum absolute atomic E-state index is 0.252. The summed E-state index contributed by atoms with van der Waals surface area (Å²) in [6.45, 7) is 6.01. The number of amides is 1. The van der Waals surface area contributed by atoms with Crippen molar-refractivity contribution >= 4 is 28.4 Å². The molecule has 1 aliphatic heterocycles. The van der Waals surface area contributed by atoms with Gasteiger partial charge in [-0.15, -0.1) is 0 Å². The summed E-state index contributed by atoms with van der Waals surface area (Å²) in [7, 11) is 2.00. The Labute approximate surface area is 212 Å². The number of rotatable bonds is 5. The molecule has 4 heterocycles. The van der Waals surface area contributed by atoms with Crippen LogP contribution in [-0.4, -0.2) is 30.4 Å². The Morgan fingerprint density at radius 2 is 1.89 bits per heavy atom. The summed E-state index contributed by atoms with van der Waals surface area (Å²) in [5.41, 5.74) is 7.61. The molecule has 0 atom stereocenters. The van der Waals surface area contributed by atoms with Crippen LogP contribution in [0.2, 0.25) is 0 Å². The molecule has 182 valence electrons. The molecule has 0 spiro atoms. The summed E-state index contributed by atoms with van der Waals surface area (Å²) in [5.74, 6) is 1.17. The molecule has 0 saturated heterocycles. The molecule has 0 aliphatic carbocycles. The Balaban J connectivity index is 1.48. The first-order valence-corrected chi connectivity index (χ1v) is 11.7. The van der Waals surface area contributed by atoms with E-state index < -0.39 is 0 Å². The number of aromatic nitrogens is 5. The highest BCUT2D eigenvalue weighted by atomic mass is 16.5. The monoisotopic (exact) mass is 489 g/mol. The minimum Gasteiger partial charge on any atom is -0.424 e. The quantitative estimate of drug-likeness (QED) is 0.325. The number of aryl methyl sites for hydroxylation is 2. The largest absolute Gasteiger partial charge is 0.424 e. The SMILES string of the molecule is C=CC(=O)Nc1ccc(-c2c3c4c(ncnc4n2C)NCc2cc(Oc4ncc(C)cn4)ccc2-3)cc1. The zero-order valence-electron chi connectivity index (χ0n) is 20.3. The average molecular weight is 490 g/mol. The van der Waals surface area contributed by atoms with Gasteiger partial charge in [0.25, 0.3) is 0 Å². The number of anilines is 2. The molecule has 0 radical (unpaired) electrons. The lowest BCUT2D eigenvalue weighted by Gasteiger charge is -2.13. The Morgan fingerprint density at radius 1 is 1.11 bits per heavy atom. The van der Waals surface area contributed by atoms with Crippen LogP contribution < -0.4 is 15.4 Å². The minimum atomic E-state index is -0.252. The maximum atomic E-state index is 11.7. The van der Waals surface area contributed by atoms with Gasteiger partial charge in [-0.25, -0.2) is 19.9 Å². The number of carbonyl (C=O) groups is 1. The fourth-order valence-electron chi connectivity index (χ4n) is 4.63. The van der Waals surface area contributed by atoms with Crippen LogP contribution in [0, 0.1) is 6.92 Å². The van der Waals surface area contributed by atoms with E-state index in [4.69, 9.17) is 4.74 Å². The van der Waals surface area contributed by atoms with E-state index in [0.29, 0.717) is 24.0 Å². The number of hydrogen-bond acceptors (Lipinski definition) is 7. The third-order valence-electron chi connectivity index (χ3n) is 6.34. The van der Waals surface area contributed by atoms with Crippen LogP contribution >= 0.6 is 0 Å². The highest BCUT2D eigenvalue weighted by Crippen LogP contribution is 2.46. The molecule has 1 amide bonds. The van der Waals surface area contributed by atoms with Crippen molar-refractivity contribution < 1.29 is 9.53 Å². The number of nitrogens with one attached hydrogen (secondary N) is 2. The molecule has 9 nitrogen and oxygen atoms in total. The van der Waals surface area contributed by atoms with Crippen molar-refractivity contribution in [1.29, 1.82) is 0 Å². The smallest absolute Gasteiger partial charge is 0.321 e. The second kappa shape index (κ2) is 8.87. The Hall–Kier alpha value is -5.05. The van der Waals surface area contributed by atoms with E-state index in [-0.39, 0.29) is 5.91 Å². The zero-order chi connectivity index (χ0) is 25.5. The maximum Gasteiger partial charge on any atom is 0.321 e. The fourth-order valence-corrected chi connectivity index (χ4v) is 4.63. The van der Waals surface area contributed by atoms with E-state index in [1.54, 1.807) is 18.7 Å². The van der Waals surface area contributed by atoms with Crippen LogP contribution in [-0.2, 0) is 18.4 Å². The molecule has 3 aromatic heterocycles. The van der Waals surface area contributed by atoms with Gasteiger partial charge in [-0.2, -0.15) is 0 Å². The molecule has 5 aromatic rings. The van der Waals surface area contributed by atoms with Gasteiger partial charge in [0.05, 0.1) is 11.1 Å². The Bertz CT molecular complexity index is 1670. The van der Waals surface area contributed by atoms with Gasteiger partial charge in [-0.05, 0) is 59.5 Å². The topological polar surface area (TPSA) is 107 Å². The highest BCUT2D eigenvalue weighted by Gasteiger charge is 2.26. The summed E-state index contributed by atoms with van der Waals surface area (Å²) in [6.07, 6.45) is 6.28. The van der Waals surface area contributed by atoms with Crippen molar-refractivity contribution in [2.24, 2.45) is 7.05 Å². The maximum absolute atomic E-state index is 11.7. The average Bonchev–Trinajstić information content (AvgIpc) is 3.11. The number of nitrogens with zero attached hydrogens (tertiary/aromatic N) is 5. The van der Waals surface area contributed by atoms with Gasteiger partial charge in [0.15, 0.2) is 0 Å². The molecule has 37 heavy (non-hydrogen) atoms. The van der Waals surface area contributed by atoms with E-state index in [9.17, 15) is 4.79 Å². The van der Waals surface area contributed by atoms with Gasteiger partial charge in [0.2, 0.25) is 5.91 Å². The van der Waals surface area contributed by atoms with Gasteiger partial charge in [0, 0.05) is 37.2 Å². The first kappa shape index (κ1) is 22.4. The van der Waals surface area contributed by atoms with Crippen molar-refractivity contribution in [2.45, 2.75) is 13.5 Å². The van der Waals surface area contributed by atoms with Crippen LogP contribution in [0.15, 0.2) is 73.8 Å². The number of benzene rings is 2. The number of hydrogen-bond donors (Lipinski definition) is 2. The van der Waals surface area contributed by atoms with Crippen LogP contribution in [0.5, 0.6) is 11.8 Å². The molecule has 0 saturated carbocycles. The number of fused-ring (bicyclic) bond motifs is 2. The molecule has 0 fully saturated rings. The number of ether oxygens (including phenoxy) is 1. The lowest BCUT2D eigenvalue weighted by molar-refractivity contribution is -0.111. The van der Waals surface area contributed by atoms with Crippen molar-refractivity contribution in [3.8, 4) is 34.1 Å². The van der Waals surface area contributed by atoms with Gasteiger partial charge in [0.1, 0.15) is 23.5 Å². The fraction of sp³-hybridized carbons (Fsp3) is 0.107. The Morgan fingerprint density at radius 3 is 2.65 bits per heavy atom. The van der Waals surface area contributed by atoms with E-state index in [2.05, 4.69) is 47.8 Å². The molecule has 6 rings (SSSR count). The van der Waals surface area contributed by atoms with Gasteiger partial charge < -0.3 is 19.9 Å². The zero-order valence-corrected chi connectivity index (χ0v) is 20.3. The van der Waals surface area contributed by atoms with Crippen LogP contribution in [0.25, 0.3) is 33.4 Å². The van der Waals surface area contributed by atoms with Crippen molar-refractivity contribution in [1.82, 2.24) is 24.5 Å². The lowest BCUT2D eigenvalue weighted by atomic mass is 9.95. The molecule has 2 N–H and O–H groups in total. The molecule has 0 bridgehead atoms. The summed E-state index contributed by atoms with van der Waals surface area (Å²) in [6, 6.07) is 14.0. The second-order valence-electron chi connectivity index (χ2n) is 8.79. The second-order valence-corrected chi connectivity index (χ2v) is 8.79. The summed E-state index contributed by atoms with van der Waals surface area (Å²) in [5, 5.41) is 7.22. The van der Waals surface area contributed by atoms with Gasteiger partial charge in [-0.3, -0.25) is 4.79 Å². The van der Waals surface area contributed by atoms with Gasteiger partial charge in [-0.1, -0.05) is 24.8 Å². The van der Waals surface area contributed by atoms with E-state index in [1.807, 2.05) is 50.4 Å². The van der Waals surface area contributed by atoms with Crippen LogP contribution in [0.4, 0.5) is 11.5 Å². The molecule has 2 aromatic carbocycles. The van der Waals surface area contributed by atoms with E-state index in [1.165, 1.54) is 6.08 Å². The first-order chi connectivity index (χ1) is 18.0.